The minimum absolute atomic E-state index is 0.0265. The van der Waals surface area contributed by atoms with Gasteiger partial charge in [-0.25, -0.2) is 9.40 Å². The van der Waals surface area contributed by atoms with Gasteiger partial charge in [0.05, 0.1) is 16.8 Å². The Bertz CT molecular complexity index is 1160. The first kappa shape index (κ1) is 23.2. The van der Waals surface area contributed by atoms with E-state index in [1.165, 1.54) is 24.3 Å². The first-order valence-electron chi connectivity index (χ1n) is 10.9. The number of rotatable bonds is 6. The number of halogens is 1. The van der Waals surface area contributed by atoms with Gasteiger partial charge in [0.25, 0.3) is 23.4 Å². The van der Waals surface area contributed by atoms with Gasteiger partial charge in [-0.05, 0) is 61.6 Å². The number of hydrazine groups is 1. The number of nitrogens with zero attached hydrogens (tertiary/aromatic N) is 3. The quantitative estimate of drug-likeness (QED) is 0.278. The third kappa shape index (κ3) is 4.30. The Kier molecular flexibility index (Phi) is 6.23. The van der Waals surface area contributed by atoms with Crippen LogP contribution in [0.4, 0.5) is 10.1 Å². The summed E-state index contributed by atoms with van der Waals surface area (Å²) >= 11 is 0. The fourth-order valence-corrected chi connectivity index (χ4v) is 4.58. The topological polar surface area (TPSA) is 118 Å². The number of carbonyl (C=O) groups excluding carboxylic acids is 4. The second-order valence-electron chi connectivity index (χ2n) is 8.72. The summed E-state index contributed by atoms with van der Waals surface area (Å²) in [5.41, 5.74) is -0.159. The summed E-state index contributed by atoms with van der Waals surface area (Å²) in [4.78, 5) is 63.1. The molecular weight excluding hydrogens is 445 g/mol. The van der Waals surface area contributed by atoms with Crippen molar-refractivity contribution in [2.24, 2.45) is 17.8 Å². The Labute approximate surface area is 194 Å². The molecular formula is C24H22FN3O6. The van der Waals surface area contributed by atoms with E-state index in [9.17, 15) is 33.7 Å². The first-order valence-corrected chi connectivity index (χ1v) is 10.9. The van der Waals surface area contributed by atoms with Gasteiger partial charge in [-0.1, -0.05) is 6.92 Å². The number of amides is 3. The Morgan fingerprint density at radius 1 is 1.00 bits per heavy atom. The molecule has 10 heteroatoms. The number of nitro groups is 1. The van der Waals surface area contributed by atoms with Gasteiger partial charge >= 0.3 is 0 Å². The highest BCUT2D eigenvalue weighted by Crippen LogP contribution is 2.41. The third-order valence-electron chi connectivity index (χ3n) is 6.42. The number of fused-ring (bicyclic) bond motifs is 1. The second-order valence-corrected chi connectivity index (χ2v) is 8.72. The maximum absolute atomic E-state index is 13.4. The molecule has 4 rings (SSSR count). The Balaban J connectivity index is 1.68. The Morgan fingerprint density at radius 2 is 1.59 bits per heavy atom. The molecule has 0 bridgehead atoms. The fourth-order valence-electron chi connectivity index (χ4n) is 4.58. The van der Waals surface area contributed by atoms with Gasteiger partial charge in [-0.3, -0.25) is 29.3 Å². The normalized spacial score (nSPS) is 21.8. The number of non-ortho nitro benzene ring substituents is 1. The van der Waals surface area contributed by atoms with Crippen LogP contribution in [0.15, 0.2) is 48.5 Å². The predicted octanol–water partition coefficient (Wildman–Crippen LogP) is 3.40. The standard InChI is InChI=1S/C24H22FN3O6/c1-14-2-11-19-20(12-14)24(32)27(23(19)31)26(13-21(29)15-3-7-17(25)8-4-15)22(30)16-5-9-18(10-6-16)28(33)34/h3-10,14,19-20H,2,11-13H2,1H3/t14-,19+,20-/m1/s1. The van der Waals surface area contributed by atoms with Gasteiger partial charge in [0.2, 0.25) is 0 Å². The van der Waals surface area contributed by atoms with Crippen LogP contribution in [0.2, 0.25) is 0 Å². The van der Waals surface area contributed by atoms with Crippen LogP contribution in [0.25, 0.3) is 0 Å². The van der Waals surface area contributed by atoms with Gasteiger partial charge in [-0.15, -0.1) is 0 Å². The molecule has 1 heterocycles. The Morgan fingerprint density at radius 3 is 2.21 bits per heavy atom. The molecule has 1 aliphatic heterocycles. The molecule has 2 aromatic carbocycles. The number of ketones is 1. The number of imide groups is 1. The lowest BCUT2D eigenvalue weighted by Gasteiger charge is -2.30. The number of hydrogen-bond acceptors (Lipinski definition) is 6. The molecule has 2 fully saturated rings. The lowest BCUT2D eigenvalue weighted by molar-refractivity contribution is -0.384. The van der Waals surface area contributed by atoms with Crippen LogP contribution in [0, 0.1) is 33.7 Å². The van der Waals surface area contributed by atoms with Crippen LogP contribution in [-0.4, -0.2) is 45.0 Å². The van der Waals surface area contributed by atoms with E-state index in [0.29, 0.717) is 12.8 Å². The predicted molar refractivity (Wildman–Crippen MR) is 117 cm³/mol. The molecule has 1 saturated heterocycles. The molecule has 2 aliphatic rings. The lowest BCUT2D eigenvalue weighted by Crippen LogP contribution is -2.52. The van der Waals surface area contributed by atoms with Crippen molar-refractivity contribution < 1.29 is 28.5 Å². The van der Waals surface area contributed by atoms with Gasteiger partial charge in [0, 0.05) is 23.3 Å². The minimum Gasteiger partial charge on any atom is -0.292 e. The third-order valence-corrected chi connectivity index (χ3v) is 6.42. The molecule has 3 atom stereocenters. The second kappa shape index (κ2) is 9.12. The molecule has 0 spiro atoms. The zero-order valence-corrected chi connectivity index (χ0v) is 18.3. The molecule has 34 heavy (non-hydrogen) atoms. The van der Waals surface area contributed by atoms with Crippen molar-refractivity contribution in [1.82, 2.24) is 10.0 Å². The van der Waals surface area contributed by atoms with Crippen molar-refractivity contribution >= 4 is 29.2 Å². The average Bonchev–Trinajstić information content (AvgIpc) is 3.06. The van der Waals surface area contributed by atoms with Crippen molar-refractivity contribution in [3.8, 4) is 0 Å². The van der Waals surface area contributed by atoms with Gasteiger partial charge < -0.3 is 0 Å². The summed E-state index contributed by atoms with van der Waals surface area (Å²) in [5, 5.41) is 12.5. The van der Waals surface area contributed by atoms with Crippen molar-refractivity contribution in [3.63, 3.8) is 0 Å². The fraction of sp³-hybridized carbons (Fsp3) is 0.333. The number of carbonyl (C=O) groups is 4. The van der Waals surface area contributed by atoms with E-state index in [1.807, 2.05) is 6.92 Å². The van der Waals surface area contributed by atoms with E-state index < -0.39 is 52.6 Å². The molecule has 1 saturated carbocycles. The van der Waals surface area contributed by atoms with Gasteiger partial charge in [0.15, 0.2) is 5.78 Å². The summed E-state index contributed by atoms with van der Waals surface area (Å²) in [6.07, 6.45) is 1.80. The van der Waals surface area contributed by atoms with Crippen molar-refractivity contribution in [1.29, 1.82) is 0 Å². The maximum Gasteiger partial charge on any atom is 0.273 e. The van der Waals surface area contributed by atoms with Crippen molar-refractivity contribution in [3.05, 3.63) is 75.6 Å². The molecule has 0 N–H and O–H groups in total. The van der Waals surface area contributed by atoms with E-state index in [4.69, 9.17) is 0 Å². The van der Waals surface area contributed by atoms with E-state index in [-0.39, 0.29) is 22.7 Å². The number of Topliss-reactive ketones (excluding diaryl/α,β-unsaturated/α-hetero) is 1. The largest absolute Gasteiger partial charge is 0.292 e. The highest BCUT2D eigenvalue weighted by atomic mass is 19.1. The van der Waals surface area contributed by atoms with E-state index in [2.05, 4.69) is 0 Å². The Hall–Kier alpha value is -3.95. The summed E-state index contributed by atoms with van der Waals surface area (Å²) in [6, 6.07) is 9.36. The highest BCUT2D eigenvalue weighted by Gasteiger charge is 2.52. The summed E-state index contributed by atoms with van der Waals surface area (Å²) in [6.45, 7) is 1.36. The van der Waals surface area contributed by atoms with Gasteiger partial charge in [-0.2, -0.15) is 5.01 Å². The van der Waals surface area contributed by atoms with E-state index in [0.717, 1.165) is 40.7 Å². The zero-order valence-electron chi connectivity index (χ0n) is 18.3. The molecule has 2 aromatic rings. The molecule has 9 nitrogen and oxygen atoms in total. The average molecular weight is 467 g/mol. The summed E-state index contributed by atoms with van der Waals surface area (Å²) < 4.78 is 13.3. The summed E-state index contributed by atoms with van der Waals surface area (Å²) in [5.74, 6) is -3.91. The molecule has 0 radical (unpaired) electrons. The van der Waals surface area contributed by atoms with Crippen LogP contribution < -0.4 is 0 Å². The number of hydrogen-bond donors (Lipinski definition) is 0. The smallest absolute Gasteiger partial charge is 0.273 e. The van der Waals surface area contributed by atoms with Crippen molar-refractivity contribution in [2.45, 2.75) is 26.2 Å². The highest BCUT2D eigenvalue weighted by molar-refractivity contribution is 6.09. The number of nitro benzene ring substituents is 1. The molecule has 0 aromatic heterocycles. The van der Waals surface area contributed by atoms with Crippen LogP contribution in [0.5, 0.6) is 0 Å². The molecule has 3 amide bonds. The van der Waals surface area contributed by atoms with Crippen LogP contribution in [0.1, 0.15) is 46.9 Å². The molecule has 176 valence electrons. The monoisotopic (exact) mass is 467 g/mol. The number of benzene rings is 2. The maximum atomic E-state index is 13.4. The molecule has 1 aliphatic carbocycles. The summed E-state index contributed by atoms with van der Waals surface area (Å²) in [7, 11) is 0. The molecule has 0 unspecified atom stereocenters. The van der Waals surface area contributed by atoms with Crippen LogP contribution >= 0.6 is 0 Å². The van der Waals surface area contributed by atoms with E-state index >= 15 is 0 Å². The first-order chi connectivity index (χ1) is 16.2. The van der Waals surface area contributed by atoms with Crippen molar-refractivity contribution in [2.75, 3.05) is 6.54 Å². The van der Waals surface area contributed by atoms with Crippen LogP contribution in [0.3, 0.4) is 0 Å². The minimum atomic E-state index is -0.821. The van der Waals surface area contributed by atoms with E-state index in [1.54, 1.807) is 0 Å². The zero-order chi connectivity index (χ0) is 24.6. The SMILES string of the molecule is C[C@@H]1CC[C@@H]2C(=O)N(N(CC(=O)c3ccc(F)cc3)C(=O)c3ccc([N+](=O)[O-])cc3)C(=O)[C@@H]2C1. The van der Waals surface area contributed by atoms with Gasteiger partial charge in [0.1, 0.15) is 12.4 Å². The van der Waals surface area contributed by atoms with Crippen LogP contribution in [-0.2, 0) is 9.59 Å². The lowest BCUT2D eigenvalue weighted by atomic mass is 9.76.